The van der Waals surface area contributed by atoms with Gasteiger partial charge in [0.2, 0.25) is 0 Å². The SMILES string of the molecule is CC#N.CSc1nc2c(F)c(Br)c(C)cc2c2c1cnn2C1CCN(C(=O)OC(C)(C)C)CC1. The summed E-state index contributed by atoms with van der Waals surface area (Å²) < 4.78 is 23.0. The van der Waals surface area contributed by atoms with Gasteiger partial charge < -0.3 is 9.64 Å². The highest BCUT2D eigenvalue weighted by molar-refractivity contribution is 9.10. The number of piperidine rings is 1. The molecule has 7 nitrogen and oxygen atoms in total. The number of amides is 1. The molecule has 3 aromatic rings. The van der Waals surface area contributed by atoms with Gasteiger partial charge in [-0.25, -0.2) is 14.2 Å². The van der Waals surface area contributed by atoms with E-state index in [4.69, 9.17) is 10.00 Å². The molecule has 0 unspecified atom stereocenters. The topological polar surface area (TPSA) is 84.0 Å². The van der Waals surface area contributed by atoms with Crippen LogP contribution >= 0.6 is 27.7 Å². The molecule has 3 heterocycles. The predicted octanol–water partition coefficient (Wildman–Crippen LogP) is 6.62. The van der Waals surface area contributed by atoms with E-state index in [2.05, 4.69) is 26.0 Å². The van der Waals surface area contributed by atoms with E-state index < -0.39 is 5.60 Å². The molecule has 1 amide bonds. The largest absolute Gasteiger partial charge is 0.444 e. The van der Waals surface area contributed by atoms with E-state index in [1.165, 1.54) is 18.7 Å². The molecule has 1 saturated heterocycles. The van der Waals surface area contributed by atoms with Crippen LogP contribution in [0.15, 0.2) is 21.8 Å². The molecule has 1 fully saturated rings. The number of hydrogen-bond acceptors (Lipinski definition) is 6. The van der Waals surface area contributed by atoms with Crippen molar-refractivity contribution in [2.75, 3.05) is 19.3 Å². The summed E-state index contributed by atoms with van der Waals surface area (Å²) in [5.74, 6) is -0.348. The van der Waals surface area contributed by atoms with Gasteiger partial charge in [-0.15, -0.1) is 11.8 Å². The first-order valence-electron chi connectivity index (χ1n) is 11.0. The Kier molecular flexibility index (Phi) is 8.09. The minimum atomic E-state index is -0.511. The first-order chi connectivity index (χ1) is 16.0. The molecule has 0 saturated carbocycles. The van der Waals surface area contributed by atoms with Crippen LogP contribution < -0.4 is 0 Å². The number of ether oxygens (including phenoxy) is 1. The molecular formula is C24H29BrFN5O2S. The van der Waals surface area contributed by atoms with E-state index in [0.717, 1.165) is 39.7 Å². The lowest BCUT2D eigenvalue weighted by Crippen LogP contribution is -2.42. The number of thioether (sulfide) groups is 1. The Morgan fingerprint density at radius 2 is 1.94 bits per heavy atom. The molecule has 1 aliphatic heterocycles. The number of halogens is 2. The quantitative estimate of drug-likeness (QED) is 0.334. The maximum atomic E-state index is 15.1. The van der Waals surface area contributed by atoms with Crippen LogP contribution in [0, 0.1) is 24.1 Å². The molecule has 0 spiro atoms. The number of carbonyl (C=O) groups is 1. The molecule has 4 rings (SSSR count). The lowest BCUT2D eigenvalue weighted by atomic mass is 10.0. The number of aromatic nitrogens is 3. The zero-order chi connectivity index (χ0) is 25.2. The van der Waals surface area contributed by atoms with Crippen LogP contribution in [0.1, 0.15) is 52.1 Å². The molecule has 1 aromatic carbocycles. The number of rotatable bonds is 2. The van der Waals surface area contributed by atoms with Crippen LogP contribution in [0.25, 0.3) is 21.8 Å². The third-order valence-corrected chi connectivity index (χ3v) is 7.18. The summed E-state index contributed by atoms with van der Waals surface area (Å²) in [4.78, 5) is 18.7. The summed E-state index contributed by atoms with van der Waals surface area (Å²) in [6, 6.07) is 3.83. The van der Waals surface area contributed by atoms with Crippen molar-refractivity contribution in [2.24, 2.45) is 0 Å². The Labute approximate surface area is 211 Å². The smallest absolute Gasteiger partial charge is 0.410 e. The van der Waals surface area contributed by atoms with Crippen LogP contribution in [0.2, 0.25) is 0 Å². The van der Waals surface area contributed by atoms with Crippen LogP contribution in [0.3, 0.4) is 0 Å². The number of pyridine rings is 1. The molecule has 0 aliphatic carbocycles. The first kappa shape index (κ1) is 26.2. The van der Waals surface area contributed by atoms with Gasteiger partial charge in [0, 0.05) is 25.4 Å². The summed E-state index contributed by atoms with van der Waals surface area (Å²) in [5.41, 5.74) is 1.56. The second kappa shape index (κ2) is 10.5. The molecule has 0 bridgehead atoms. The fourth-order valence-corrected chi connectivity index (χ4v) is 4.89. The average Bonchev–Trinajstić information content (AvgIpc) is 3.22. The minimum absolute atomic E-state index is 0.114. The number of nitriles is 1. The van der Waals surface area contributed by atoms with Crippen LogP contribution in [0.5, 0.6) is 0 Å². The predicted molar refractivity (Wildman–Crippen MR) is 137 cm³/mol. The first-order valence-corrected chi connectivity index (χ1v) is 13.0. The number of benzene rings is 1. The highest BCUT2D eigenvalue weighted by Gasteiger charge is 2.29. The molecule has 34 heavy (non-hydrogen) atoms. The van der Waals surface area contributed by atoms with Gasteiger partial charge in [-0.3, -0.25) is 4.68 Å². The Balaban J connectivity index is 0.00000103. The Morgan fingerprint density at radius 3 is 2.50 bits per heavy atom. The molecule has 1 aliphatic rings. The second-order valence-corrected chi connectivity index (χ2v) is 10.7. The van der Waals surface area contributed by atoms with Gasteiger partial charge >= 0.3 is 6.09 Å². The lowest BCUT2D eigenvalue weighted by Gasteiger charge is -2.33. The zero-order valence-corrected chi connectivity index (χ0v) is 22.7. The van der Waals surface area contributed by atoms with E-state index >= 15 is 4.39 Å². The molecule has 10 heteroatoms. The van der Waals surface area contributed by atoms with Crippen molar-refractivity contribution >= 4 is 55.6 Å². The monoisotopic (exact) mass is 549 g/mol. The summed E-state index contributed by atoms with van der Waals surface area (Å²) in [5, 5.41) is 14.5. The van der Waals surface area contributed by atoms with Gasteiger partial charge in [-0.05, 0) is 74.4 Å². The lowest BCUT2D eigenvalue weighted by molar-refractivity contribution is 0.0186. The molecule has 182 valence electrons. The van der Waals surface area contributed by atoms with Crippen molar-refractivity contribution in [3.8, 4) is 6.07 Å². The number of hydrogen-bond donors (Lipinski definition) is 0. The Morgan fingerprint density at radius 1 is 1.32 bits per heavy atom. The van der Waals surface area contributed by atoms with Crippen molar-refractivity contribution in [3.05, 3.63) is 28.1 Å². The molecular weight excluding hydrogens is 521 g/mol. The standard InChI is InChI=1S/C22H26BrFN4O2S.C2H3N/c1-12-10-14-18(17(24)16(12)23)26-20(31-5)15-11-25-28(19(14)15)13-6-8-27(9-7-13)21(29)30-22(2,3)4;1-2-3/h10-11,13H,6-9H2,1-5H3;1H3. The van der Waals surface area contributed by atoms with Crippen molar-refractivity contribution < 1.29 is 13.9 Å². The van der Waals surface area contributed by atoms with Crippen molar-refractivity contribution in [2.45, 2.75) is 64.1 Å². The van der Waals surface area contributed by atoms with E-state index in [9.17, 15) is 4.79 Å². The van der Waals surface area contributed by atoms with E-state index in [0.29, 0.717) is 23.1 Å². The summed E-state index contributed by atoms with van der Waals surface area (Å²) >= 11 is 4.83. The highest BCUT2D eigenvalue weighted by Crippen LogP contribution is 2.38. The maximum absolute atomic E-state index is 15.1. The minimum Gasteiger partial charge on any atom is -0.444 e. The molecule has 0 radical (unpaired) electrons. The van der Waals surface area contributed by atoms with Gasteiger partial charge in [-0.1, -0.05) is 0 Å². The highest BCUT2D eigenvalue weighted by atomic mass is 79.9. The molecule has 2 aromatic heterocycles. The normalized spacial score (nSPS) is 14.6. The van der Waals surface area contributed by atoms with Crippen LogP contribution in [-0.2, 0) is 4.74 Å². The van der Waals surface area contributed by atoms with Crippen molar-refractivity contribution in [1.29, 1.82) is 5.26 Å². The second-order valence-electron chi connectivity index (χ2n) is 9.11. The Hall–Kier alpha value is -2.38. The average molecular weight is 550 g/mol. The summed E-state index contributed by atoms with van der Waals surface area (Å²) in [6.07, 6.45) is 4.99. The summed E-state index contributed by atoms with van der Waals surface area (Å²) in [7, 11) is 0. The molecule has 0 N–H and O–H groups in total. The van der Waals surface area contributed by atoms with Gasteiger partial charge in [-0.2, -0.15) is 10.4 Å². The Bertz CT molecular complexity index is 1260. The third-order valence-electron chi connectivity index (χ3n) is 5.51. The molecule has 0 atom stereocenters. The number of carbonyl (C=O) groups excluding carboxylic acids is 1. The van der Waals surface area contributed by atoms with Gasteiger partial charge in [0.1, 0.15) is 16.1 Å². The number of aryl methyl sites for hydroxylation is 1. The third kappa shape index (κ3) is 5.31. The van der Waals surface area contributed by atoms with Crippen LogP contribution in [0.4, 0.5) is 9.18 Å². The van der Waals surface area contributed by atoms with Gasteiger partial charge in [0.25, 0.3) is 0 Å². The van der Waals surface area contributed by atoms with E-state index in [1.54, 1.807) is 11.0 Å². The van der Waals surface area contributed by atoms with E-state index in [1.807, 2.05) is 50.9 Å². The number of fused-ring (bicyclic) bond motifs is 3. The zero-order valence-electron chi connectivity index (χ0n) is 20.3. The van der Waals surface area contributed by atoms with E-state index in [-0.39, 0.29) is 18.0 Å². The number of nitrogens with zero attached hydrogens (tertiary/aromatic N) is 5. The van der Waals surface area contributed by atoms with Gasteiger partial charge in [0.15, 0.2) is 5.82 Å². The van der Waals surface area contributed by atoms with Gasteiger partial charge in [0.05, 0.1) is 33.7 Å². The van der Waals surface area contributed by atoms with Crippen LogP contribution in [-0.4, -0.2) is 50.7 Å². The number of likely N-dealkylation sites (tertiary alicyclic amines) is 1. The van der Waals surface area contributed by atoms with Crippen molar-refractivity contribution in [1.82, 2.24) is 19.7 Å². The maximum Gasteiger partial charge on any atom is 0.410 e. The summed E-state index contributed by atoms with van der Waals surface area (Å²) in [6.45, 7) is 10.1. The fraction of sp³-hybridized carbons (Fsp3) is 0.500. The fourth-order valence-electron chi connectivity index (χ4n) is 4.03. The van der Waals surface area contributed by atoms with Crippen molar-refractivity contribution in [3.63, 3.8) is 0 Å².